The number of benzene rings is 2. The van der Waals surface area contributed by atoms with E-state index in [2.05, 4.69) is 5.16 Å². The highest BCUT2D eigenvalue weighted by Gasteiger charge is 2.12. The Bertz CT molecular complexity index is 550. The van der Waals surface area contributed by atoms with Gasteiger partial charge in [-0.1, -0.05) is 35.5 Å². The fourth-order valence-corrected chi connectivity index (χ4v) is 1.58. The molecule has 2 rings (SSSR count). The van der Waals surface area contributed by atoms with Crippen molar-refractivity contribution in [2.75, 3.05) is 0 Å². The number of phenols is 2. The molecule has 0 aliphatic heterocycles. The van der Waals surface area contributed by atoms with Crippen LogP contribution >= 0.6 is 0 Å². The van der Waals surface area contributed by atoms with Crippen LogP contribution in [-0.2, 0) is 0 Å². The van der Waals surface area contributed by atoms with Crippen molar-refractivity contribution in [3.63, 3.8) is 0 Å². The molecule has 0 amide bonds. The molecule has 2 aromatic rings. The normalized spacial score (nSPS) is 11.4. The summed E-state index contributed by atoms with van der Waals surface area (Å²) in [4.78, 5) is 0. The van der Waals surface area contributed by atoms with Crippen molar-refractivity contribution in [1.29, 1.82) is 0 Å². The van der Waals surface area contributed by atoms with E-state index in [4.69, 9.17) is 5.21 Å². The summed E-state index contributed by atoms with van der Waals surface area (Å²) in [7, 11) is 0. The number of phenolic OH excluding ortho intramolecular Hbond substituents is 2. The van der Waals surface area contributed by atoms with Crippen LogP contribution in [0.15, 0.2) is 53.7 Å². The lowest BCUT2D eigenvalue weighted by Gasteiger charge is -2.07. The monoisotopic (exact) mass is 229 g/mol. The molecule has 0 atom stereocenters. The Balaban J connectivity index is 2.54. The molecule has 0 unspecified atom stereocenters. The Hall–Kier alpha value is -2.49. The lowest BCUT2D eigenvalue weighted by atomic mass is 10.0. The molecule has 0 spiro atoms. The number of hydrogen-bond acceptors (Lipinski definition) is 4. The van der Waals surface area contributed by atoms with Gasteiger partial charge in [-0.2, -0.15) is 0 Å². The number of oxime groups is 1. The third-order valence-electron chi connectivity index (χ3n) is 2.38. The third-order valence-corrected chi connectivity index (χ3v) is 2.38. The highest BCUT2D eigenvalue weighted by atomic mass is 16.4. The van der Waals surface area contributed by atoms with Gasteiger partial charge in [0.2, 0.25) is 0 Å². The van der Waals surface area contributed by atoms with Crippen molar-refractivity contribution in [3.8, 4) is 11.5 Å². The van der Waals surface area contributed by atoms with Gasteiger partial charge < -0.3 is 15.4 Å². The molecule has 4 heteroatoms. The van der Waals surface area contributed by atoms with Crippen LogP contribution in [-0.4, -0.2) is 21.1 Å². The molecule has 0 fully saturated rings. The third kappa shape index (κ3) is 2.20. The molecule has 86 valence electrons. The number of hydrogen-bond donors (Lipinski definition) is 3. The Morgan fingerprint density at radius 1 is 0.941 bits per heavy atom. The zero-order chi connectivity index (χ0) is 12.3. The van der Waals surface area contributed by atoms with Gasteiger partial charge in [-0.25, -0.2) is 0 Å². The van der Waals surface area contributed by atoms with E-state index in [1.807, 2.05) is 6.07 Å². The van der Waals surface area contributed by atoms with Crippen LogP contribution in [0, 0.1) is 0 Å². The maximum absolute atomic E-state index is 9.69. The smallest absolute Gasteiger partial charge is 0.125 e. The summed E-state index contributed by atoms with van der Waals surface area (Å²) in [6.45, 7) is 0. The minimum atomic E-state index is -0.0561. The summed E-state index contributed by atoms with van der Waals surface area (Å²) in [5.74, 6) is -0.0608. The molecule has 17 heavy (non-hydrogen) atoms. The summed E-state index contributed by atoms with van der Waals surface area (Å²) in [5.41, 5.74) is 1.13. The molecule has 0 bridgehead atoms. The summed E-state index contributed by atoms with van der Waals surface area (Å²) in [6.07, 6.45) is 0. The second-order valence-corrected chi connectivity index (χ2v) is 3.52. The molecule has 0 heterocycles. The van der Waals surface area contributed by atoms with Gasteiger partial charge in [0.05, 0.1) is 0 Å². The lowest BCUT2D eigenvalue weighted by molar-refractivity contribution is 0.319. The highest BCUT2D eigenvalue weighted by molar-refractivity contribution is 6.14. The molecule has 0 radical (unpaired) electrons. The van der Waals surface area contributed by atoms with E-state index in [-0.39, 0.29) is 22.8 Å². The van der Waals surface area contributed by atoms with Crippen molar-refractivity contribution in [2.45, 2.75) is 0 Å². The first-order valence-electron chi connectivity index (χ1n) is 5.02. The standard InChI is InChI=1S/C13H11NO3/c15-10-6-7-12(16)11(8-10)13(14-17)9-4-2-1-3-5-9/h1-8,15-17H. The van der Waals surface area contributed by atoms with E-state index in [0.29, 0.717) is 5.56 Å². The second kappa shape index (κ2) is 4.57. The molecule has 3 N–H and O–H groups in total. The van der Waals surface area contributed by atoms with E-state index in [1.165, 1.54) is 18.2 Å². The van der Waals surface area contributed by atoms with Crippen molar-refractivity contribution in [1.82, 2.24) is 0 Å². The average molecular weight is 229 g/mol. The van der Waals surface area contributed by atoms with Crippen molar-refractivity contribution < 1.29 is 15.4 Å². The van der Waals surface area contributed by atoms with Gasteiger partial charge in [0.25, 0.3) is 0 Å². The predicted molar refractivity (Wildman–Crippen MR) is 63.6 cm³/mol. The summed E-state index contributed by atoms with van der Waals surface area (Å²) < 4.78 is 0. The van der Waals surface area contributed by atoms with E-state index in [1.54, 1.807) is 24.3 Å². The van der Waals surface area contributed by atoms with Crippen LogP contribution in [0.5, 0.6) is 11.5 Å². The number of rotatable bonds is 2. The highest BCUT2D eigenvalue weighted by Crippen LogP contribution is 2.25. The zero-order valence-corrected chi connectivity index (χ0v) is 8.91. The van der Waals surface area contributed by atoms with Gasteiger partial charge in [-0.05, 0) is 18.2 Å². The molecule has 0 saturated carbocycles. The van der Waals surface area contributed by atoms with Crippen LogP contribution < -0.4 is 0 Å². The Morgan fingerprint density at radius 3 is 2.29 bits per heavy atom. The SMILES string of the molecule is ON=C(c1ccccc1)c1cc(O)ccc1O. The van der Waals surface area contributed by atoms with E-state index >= 15 is 0 Å². The Kier molecular flexibility index (Phi) is 2.96. The first kappa shape index (κ1) is 11.0. The zero-order valence-electron chi connectivity index (χ0n) is 8.91. The van der Waals surface area contributed by atoms with E-state index < -0.39 is 0 Å². The van der Waals surface area contributed by atoms with Crippen LogP contribution in [0.1, 0.15) is 11.1 Å². The lowest BCUT2D eigenvalue weighted by Crippen LogP contribution is -2.03. The van der Waals surface area contributed by atoms with Crippen LogP contribution in [0.4, 0.5) is 0 Å². The molecular formula is C13H11NO3. The van der Waals surface area contributed by atoms with Gasteiger partial charge in [-0.3, -0.25) is 0 Å². The fourth-order valence-electron chi connectivity index (χ4n) is 1.58. The minimum Gasteiger partial charge on any atom is -0.508 e. The first-order chi connectivity index (χ1) is 8.22. The summed E-state index contributed by atoms with van der Waals surface area (Å²) in [6, 6.07) is 13.0. The predicted octanol–water partition coefficient (Wildman–Crippen LogP) is 2.32. The molecule has 0 aliphatic carbocycles. The topological polar surface area (TPSA) is 73.1 Å². The minimum absolute atomic E-state index is 0.00474. The van der Waals surface area contributed by atoms with Gasteiger partial charge in [0, 0.05) is 11.1 Å². The van der Waals surface area contributed by atoms with Crippen LogP contribution in [0.3, 0.4) is 0 Å². The Morgan fingerprint density at radius 2 is 1.65 bits per heavy atom. The maximum Gasteiger partial charge on any atom is 0.125 e. The molecule has 0 saturated heterocycles. The van der Waals surface area contributed by atoms with Gasteiger partial charge in [-0.15, -0.1) is 0 Å². The van der Waals surface area contributed by atoms with Crippen LogP contribution in [0.2, 0.25) is 0 Å². The average Bonchev–Trinajstić information content (AvgIpc) is 2.36. The fraction of sp³-hybridized carbons (Fsp3) is 0. The summed E-state index contributed by atoms with van der Waals surface area (Å²) >= 11 is 0. The molecular weight excluding hydrogens is 218 g/mol. The van der Waals surface area contributed by atoms with Crippen molar-refractivity contribution in [3.05, 3.63) is 59.7 Å². The molecule has 0 aliphatic rings. The number of nitrogens with zero attached hydrogens (tertiary/aromatic N) is 1. The van der Waals surface area contributed by atoms with Crippen LogP contribution in [0.25, 0.3) is 0 Å². The van der Waals surface area contributed by atoms with E-state index in [9.17, 15) is 10.2 Å². The maximum atomic E-state index is 9.69. The van der Waals surface area contributed by atoms with Gasteiger partial charge in [0.15, 0.2) is 0 Å². The van der Waals surface area contributed by atoms with E-state index in [0.717, 1.165) is 0 Å². The van der Waals surface area contributed by atoms with Gasteiger partial charge >= 0.3 is 0 Å². The second-order valence-electron chi connectivity index (χ2n) is 3.52. The first-order valence-corrected chi connectivity index (χ1v) is 5.02. The quantitative estimate of drug-likeness (QED) is 0.320. The van der Waals surface area contributed by atoms with Crippen molar-refractivity contribution in [2.24, 2.45) is 5.16 Å². The van der Waals surface area contributed by atoms with Crippen molar-refractivity contribution >= 4 is 5.71 Å². The Labute approximate surface area is 98.1 Å². The largest absolute Gasteiger partial charge is 0.508 e. The van der Waals surface area contributed by atoms with Gasteiger partial charge in [0.1, 0.15) is 17.2 Å². The molecule has 4 nitrogen and oxygen atoms in total. The summed E-state index contributed by atoms with van der Waals surface area (Å²) in [5, 5.41) is 31.3. The number of aromatic hydroxyl groups is 2. The molecule has 2 aromatic carbocycles. The molecule has 0 aromatic heterocycles.